The van der Waals surface area contributed by atoms with Crippen LogP contribution in [0.1, 0.15) is 26.7 Å². The van der Waals surface area contributed by atoms with E-state index in [2.05, 4.69) is 4.72 Å². The monoisotopic (exact) mass is 323 g/mol. The van der Waals surface area contributed by atoms with E-state index < -0.39 is 15.8 Å². The molecule has 0 atom stereocenters. The summed E-state index contributed by atoms with van der Waals surface area (Å²) in [4.78, 5) is -0.0677. The smallest absolute Gasteiger partial charge is 0.240 e. The van der Waals surface area contributed by atoms with Crippen molar-refractivity contribution in [3.8, 4) is 0 Å². The third kappa shape index (κ3) is 5.01. The van der Waals surface area contributed by atoms with E-state index in [-0.39, 0.29) is 28.5 Å². The Kier molecular flexibility index (Phi) is 5.94. The molecule has 2 N–H and O–H groups in total. The Labute approximate surface area is 124 Å². The van der Waals surface area contributed by atoms with Crippen LogP contribution in [0.15, 0.2) is 23.1 Å². The van der Waals surface area contributed by atoms with Crippen LogP contribution in [0.4, 0.5) is 4.39 Å². The molecule has 0 spiro atoms. The van der Waals surface area contributed by atoms with E-state index in [9.17, 15) is 12.8 Å². The van der Waals surface area contributed by atoms with Gasteiger partial charge in [-0.05, 0) is 36.5 Å². The predicted molar refractivity (Wildman–Crippen MR) is 76.7 cm³/mol. The number of halogens is 2. The first-order chi connectivity index (χ1) is 9.18. The van der Waals surface area contributed by atoms with Gasteiger partial charge in [-0.15, -0.1) is 0 Å². The van der Waals surface area contributed by atoms with Crippen LogP contribution < -0.4 is 4.72 Å². The average molecular weight is 324 g/mol. The molecule has 0 heterocycles. The number of hydrogen-bond donors (Lipinski definition) is 2. The highest BCUT2D eigenvalue weighted by Gasteiger charge is 2.22. The zero-order chi connectivity index (χ0) is 15.4. The van der Waals surface area contributed by atoms with Crippen molar-refractivity contribution in [3.05, 3.63) is 29.0 Å². The van der Waals surface area contributed by atoms with Gasteiger partial charge in [-0.1, -0.05) is 25.4 Å². The lowest BCUT2D eigenvalue weighted by Crippen LogP contribution is -2.34. The lowest BCUT2D eigenvalue weighted by atomic mass is 9.88. The van der Waals surface area contributed by atoms with E-state index in [1.54, 1.807) is 0 Å². The van der Waals surface area contributed by atoms with E-state index in [0.29, 0.717) is 12.8 Å². The Morgan fingerprint density at radius 3 is 2.60 bits per heavy atom. The summed E-state index contributed by atoms with van der Waals surface area (Å²) in [6.07, 6.45) is 1.30. The Bertz CT molecular complexity index is 561. The van der Waals surface area contributed by atoms with Crippen LogP contribution in [0.3, 0.4) is 0 Å². The molecule has 0 aliphatic heterocycles. The fourth-order valence-corrected chi connectivity index (χ4v) is 3.18. The van der Waals surface area contributed by atoms with Gasteiger partial charge in [0.05, 0.1) is 9.92 Å². The summed E-state index contributed by atoms with van der Waals surface area (Å²) in [6, 6.07) is 3.28. The second kappa shape index (κ2) is 6.85. The fourth-order valence-electron chi connectivity index (χ4n) is 1.66. The highest BCUT2D eigenvalue weighted by atomic mass is 35.5. The number of aliphatic hydroxyl groups excluding tert-OH is 1. The van der Waals surface area contributed by atoms with Crippen LogP contribution in [-0.4, -0.2) is 26.7 Å². The second-order valence-corrected chi connectivity index (χ2v) is 7.57. The van der Waals surface area contributed by atoms with E-state index in [1.807, 2.05) is 13.8 Å². The molecule has 114 valence electrons. The lowest BCUT2D eigenvalue weighted by molar-refractivity contribution is 0.242. The first-order valence-electron chi connectivity index (χ1n) is 6.23. The first-order valence-corrected chi connectivity index (χ1v) is 8.10. The van der Waals surface area contributed by atoms with Gasteiger partial charge in [0.2, 0.25) is 10.0 Å². The molecule has 7 heteroatoms. The maximum atomic E-state index is 13.0. The molecule has 0 aliphatic carbocycles. The maximum absolute atomic E-state index is 13.0. The molecule has 0 aromatic heterocycles. The first kappa shape index (κ1) is 17.4. The fraction of sp³-hybridized carbons (Fsp3) is 0.538. The summed E-state index contributed by atoms with van der Waals surface area (Å²) in [7, 11) is -3.72. The molecule has 0 saturated heterocycles. The number of hydrogen-bond acceptors (Lipinski definition) is 3. The molecule has 0 bridgehead atoms. The molecule has 0 radical (unpaired) electrons. The van der Waals surface area contributed by atoms with Crippen LogP contribution >= 0.6 is 11.6 Å². The Hall–Kier alpha value is -0.690. The number of nitrogens with one attached hydrogen (secondary N) is 1. The number of rotatable bonds is 7. The topological polar surface area (TPSA) is 66.4 Å². The largest absolute Gasteiger partial charge is 0.396 e. The van der Waals surface area contributed by atoms with Crippen molar-refractivity contribution in [2.24, 2.45) is 5.41 Å². The Balaban J connectivity index is 2.77. The molecule has 0 unspecified atom stereocenters. The number of benzene rings is 1. The average Bonchev–Trinajstić information content (AvgIpc) is 2.37. The zero-order valence-corrected chi connectivity index (χ0v) is 13.1. The van der Waals surface area contributed by atoms with Crippen LogP contribution in [0.5, 0.6) is 0 Å². The van der Waals surface area contributed by atoms with E-state index in [0.717, 1.165) is 12.1 Å². The zero-order valence-electron chi connectivity index (χ0n) is 11.5. The molecule has 0 saturated carbocycles. The van der Waals surface area contributed by atoms with Gasteiger partial charge in [0, 0.05) is 13.2 Å². The van der Waals surface area contributed by atoms with Gasteiger partial charge in [0.15, 0.2) is 0 Å². The molecular formula is C13H19ClFNO3S. The highest BCUT2D eigenvalue weighted by Crippen LogP contribution is 2.23. The van der Waals surface area contributed by atoms with Crippen LogP contribution in [0, 0.1) is 11.2 Å². The van der Waals surface area contributed by atoms with Crippen molar-refractivity contribution in [3.63, 3.8) is 0 Å². The van der Waals surface area contributed by atoms with Gasteiger partial charge in [-0.3, -0.25) is 0 Å². The van der Waals surface area contributed by atoms with E-state index in [1.165, 1.54) is 6.07 Å². The van der Waals surface area contributed by atoms with Crippen LogP contribution in [0.2, 0.25) is 5.02 Å². The minimum absolute atomic E-state index is 0.0677. The second-order valence-electron chi connectivity index (χ2n) is 5.39. The standard InChI is InChI=1S/C13H19ClFNO3S/c1-13(2,6-3-7-17)9-16-20(18,19)10-4-5-12(15)11(14)8-10/h4-5,8,16-17H,3,6-7,9H2,1-2H3. The molecule has 0 aliphatic rings. The third-order valence-corrected chi connectivity index (χ3v) is 4.64. The van der Waals surface area contributed by atoms with E-state index in [4.69, 9.17) is 16.7 Å². The molecule has 4 nitrogen and oxygen atoms in total. The third-order valence-electron chi connectivity index (χ3n) is 2.95. The molecule has 0 fully saturated rings. The maximum Gasteiger partial charge on any atom is 0.240 e. The molecule has 0 amide bonds. The van der Waals surface area contributed by atoms with Crippen molar-refractivity contribution >= 4 is 21.6 Å². The lowest BCUT2D eigenvalue weighted by Gasteiger charge is -2.24. The quantitative estimate of drug-likeness (QED) is 0.810. The number of aliphatic hydroxyl groups is 1. The van der Waals surface area contributed by atoms with E-state index >= 15 is 0 Å². The van der Waals surface area contributed by atoms with Crippen molar-refractivity contribution < 1.29 is 17.9 Å². The van der Waals surface area contributed by atoms with Gasteiger partial charge in [0.1, 0.15) is 5.82 Å². The summed E-state index contributed by atoms with van der Waals surface area (Å²) in [5.74, 6) is -0.658. The summed E-state index contributed by atoms with van der Waals surface area (Å²) in [5.41, 5.74) is -0.278. The Morgan fingerprint density at radius 1 is 1.40 bits per heavy atom. The van der Waals surface area contributed by atoms with Gasteiger partial charge in [-0.2, -0.15) is 0 Å². The van der Waals surface area contributed by atoms with Gasteiger partial charge < -0.3 is 5.11 Å². The van der Waals surface area contributed by atoms with Gasteiger partial charge in [-0.25, -0.2) is 17.5 Å². The molecule has 1 aromatic carbocycles. The summed E-state index contributed by atoms with van der Waals surface area (Å²) < 4.78 is 39.7. The van der Waals surface area contributed by atoms with Crippen LogP contribution in [-0.2, 0) is 10.0 Å². The molecule has 1 aromatic rings. The minimum Gasteiger partial charge on any atom is -0.396 e. The predicted octanol–water partition coefficient (Wildman–Crippen LogP) is 2.56. The van der Waals surface area contributed by atoms with Gasteiger partial charge >= 0.3 is 0 Å². The normalized spacial score (nSPS) is 12.7. The summed E-state index contributed by atoms with van der Waals surface area (Å²) in [5, 5.41) is 8.57. The minimum atomic E-state index is -3.72. The van der Waals surface area contributed by atoms with Crippen molar-refractivity contribution in [2.75, 3.05) is 13.2 Å². The number of sulfonamides is 1. The summed E-state index contributed by atoms with van der Waals surface area (Å²) in [6.45, 7) is 4.11. The highest BCUT2D eigenvalue weighted by molar-refractivity contribution is 7.89. The molecular weight excluding hydrogens is 305 g/mol. The SMILES string of the molecule is CC(C)(CCCO)CNS(=O)(=O)c1ccc(F)c(Cl)c1. The Morgan fingerprint density at radius 2 is 2.05 bits per heavy atom. The molecule has 1 rings (SSSR count). The van der Waals surface area contributed by atoms with Crippen molar-refractivity contribution in [2.45, 2.75) is 31.6 Å². The van der Waals surface area contributed by atoms with Crippen LogP contribution in [0.25, 0.3) is 0 Å². The van der Waals surface area contributed by atoms with Gasteiger partial charge in [0.25, 0.3) is 0 Å². The van der Waals surface area contributed by atoms with Crippen molar-refractivity contribution in [1.29, 1.82) is 0 Å². The summed E-state index contributed by atoms with van der Waals surface area (Å²) >= 11 is 5.58. The van der Waals surface area contributed by atoms with Crippen molar-refractivity contribution in [1.82, 2.24) is 4.72 Å². The molecule has 20 heavy (non-hydrogen) atoms.